The van der Waals surface area contributed by atoms with Crippen LogP contribution in [-0.2, 0) is 11.2 Å². The second-order valence-electron chi connectivity index (χ2n) is 5.66. The van der Waals surface area contributed by atoms with E-state index >= 15 is 0 Å². The van der Waals surface area contributed by atoms with Crippen molar-refractivity contribution in [2.45, 2.75) is 31.7 Å². The molecule has 0 spiro atoms. The molecular weight excluding hydrogens is 321 g/mol. The van der Waals surface area contributed by atoms with Crippen LogP contribution in [0.4, 0.5) is 5.69 Å². The van der Waals surface area contributed by atoms with Crippen LogP contribution in [0.15, 0.2) is 24.3 Å². The van der Waals surface area contributed by atoms with Crippen molar-refractivity contribution in [3.05, 3.63) is 29.8 Å². The molecule has 2 aliphatic rings. The zero-order valence-electron chi connectivity index (χ0n) is 12.7. The fourth-order valence-electron chi connectivity index (χ4n) is 3.15. The summed E-state index contributed by atoms with van der Waals surface area (Å²) in [6.07, 6.45) is 4.25. The SMILES string of the molecule is Cl.Cl.O=C(NCCCN1CCc2ccccc21)C1CCCN1. The monoisotopic (exact) mass is 345 g/mol. The van der Waals surface area contributed by atoms with Gasteiger partial charge in [-0.3, -0.25) is 4.79 Å². The summed E-state index contributed by atoms with van der Waals surface area (Å²) in [6, 6.07) is 8.66. The van der Waals surface area contributed by atoms with E-state index < -0.39 is 0 Å². The minimum absolute atomic E-state index is 0. The van der Waals surface area contributed by atoms with Gasteiger partial charge >= 0.3 is 0 Å². The average molecular weight is 346 g/mol. The van der Waals surface area contributed by atoms with Crippen molar-refractivity contribution in [1.82, 2.24) is 10.6 Å². The first-order valence-corrected chi connectivity index (χ1v) is 7.68. The van der Waals surface area contributed by atoms with Crippen LogP contribution in [-0.4, -0.2) is 38.1 Å². The zero-order valence-corrected chi connectivity index (χ0v) is 14.3. The van der Waals surface area contributed by atoms with Crippen molar-refractivity contribution in [2.75, 3.05) is 31.1 Å². The highest BCUT2D eigenvalue weighted by atomic mass is 35.5. The summed E-state index contributed by atoms with van der Waals surface area (Å²) in [4.78, 5) is 14.3. The van der Waals surface area contributed by atoms with Crippen molar-refractivity contribution < 1.29 is 4.79 Å². The van der Waals surface area contributed by atoms with Gasteiger partial charge in [-0.2, -0.15) is 0 Å². The molecule has 1 amide bonds. The van der Waals surface area contributed by atoms with Gasteiger partial charge in [-0.15, -0.1) is 24.8 Å². The second-order valence-corrected chi connectivity index (χ2v) is 5.66. The highest BCUT2D eigenvalue weighted by Crippen LogP contribution is 2.27. The molecule has 2 N–H and O–H groups in total. The average Bonchev–Trinajstić information content (AvgIpc) is 3.13. The van der Waals surface area contributed by atoms with E-state index in [9.17, 15) is 4.79 Å². The van der Waals surface area contributed by atoms with Crippen molar-refractivity contribution in [3.63, 3.8) is 0 Å². The highest BCUT2D eigenvalue weighted by Gasteiger charge is 2.21. The van der Waals surface area contributed by atoms with Gasteiger partial charge in [0.25, 0.3) is 0 Å². The third kappa shape index (κ3) is 4.51. The Morgan fingerprint density at radius 2 is 2.14 bits per heavy atom. The molecule has 0 aliphatic carbocycles. The fraction of sp³-hybridized carbons (Fsp3) is 0.562. The maximum absolute atomic E-state index is 11.9. The Morgan fingerprint density at radius 1 is 1.32 bits per heavy atom. The summed E-state index contributed by atoms with van der Waals surface area (Å²) in [5, 5.41) is 6.27. The van der Waals surface area contributed by atoms with E-state index in [1.807, 2.05) is 0 Å². The number of hydrogen-bond donors (Lipinski definition) is 2. The summed E-state index contributed by atoms with van der Waals surface area (Å²) in [5.41, 5.74) is 2.82. The van der Waals surface area contributed by atoms with E-state index in [2.05, 4.69) is 39.8 Å². The summed E-state index contributed by atoms with van der Waals surface area (Å²) >= 11 is 0. The molecule has 124 valence electrons. The number of carbonyl (C=O) groups is 1. The first-order chi connectivity index (χ1) is 9.84. The maximum Gasteiger partial charge on any atom is 0.237 e. The van der Waals surface area contributed by atoms with Crippen LogP contribution in [0.3, 0.4) is 0 Å². The van der Waals surface area contributed by atoms with E-state index in [4.69, 9.17) is 0 Å². The number of benzene rings is 1. The Bertz CT molecular complexity index is 478. The van der Waals surface area contributed by atoms with Crippen LogP contribution >= 0.6 is 24.8 Å². The smallest absolute Gasteiger partial charge is 0.237 e. The molecular formula is C16H25Cl2N3O. The van der Waals surface area contributed by atoms with Gasteiger partial charge in [0.1, 0.15) is 0 Å². The number of anilines is 1. The number of hydrogen-bond acceptors (Lipinski definition) is 3. The number of carbonyl (C=O) groups excluding carboxylic acids is 1. The van der Waals surface area contributed by atoms with Crippen LogP contribution in [0.2, 0.25) is 0 Å². The van der Waals surface area contributed by atoms with Crippen LogP contribution in [0.25, 0.3) is 0 Å². The summed E-state index contributed by atoms with van der Waals surface area (Å²) in [5.74, 6) is 0.171. The van der Waals surface area contributed by atoms with Gasteiger partial charge < -0.3 is 15.5 Å². The lowest BCUT2D eigenvalue weighted by atomic mass is 10.2. The normalized spacial score (nSPS) is 19.1. The first-order valence-electron chi connectivity index (χ1n) is 7.68. The lowest BCUT2D eigenvalue weighted by molar-refractivity contribution is -0.122. The highest BCUT2D eigenvalue weighted by molar-refractivity contribution is 5.85. The van der Waals surface area contributed by atoms with Crippen molar-refractivity contribution in [1.29, 1.82) is 0 Å². The summed E-state index contributed by atoms with van der Waals surface area (Å²) < 4.78 is 0. The topological polar surface area (TPSA) is 44.4 Å². The fourth-order valence-corrected chi connectivity index (χ4v) is 3.15. The molecule has 2 heterocycles. The molecule has 1 aromatic carbocycles. The molecule has 1 saturated heterocycles. The number of fused-ring (bicyclic) bond motifs is 1. The molecule has 1 unspecified atom stereocenters. The quantitative estimate of drug-likeness (QED) is 0.803. The Morgan fingerprint density at radius 3 is 2.91 bits per heavy atom. The van der Waals surface area contributed by atoms with Crippen molar-refractivity contribution in [3.8, 4) is 0 Å². The van der Waals surface area contributed by atoms with Gasteiger partial charge in [-0.1, -0.05) is 18.2 Å². The summed E-state index contributed by atoms with van der Waals surface area (Å²) in [7, 11) is 0. The van der Waals surface area contributed by atoms with Crippen molar-refractivity contribution >= 4 is 36.4 Å². The number of nitrogens with one attached hydrogen (secondary N) is 2. The molecule has 0 saturated carbocycles. The van der Waals surface area contributed by atoms with Gasteiger partial charge in [0, 0.05) is 25.3 Å². The van der Waals surface area contributed by atoms with E-state index in [0.29, 0.717) is 0 Å². The van der Waals surface area contributed by atoms with Gasteiger partial charge in [-0.25, -0.2) is 0 Å². The number of amides is 1. The van der Waals surface area contributed by atoms with Gasteiger partial charge in [-0.05, 0) is 43.9 Å². The number of para-hydroxylation sites is 1. The Hall–Kier alpha value is -0.970. The Labute approximate surface area is 144 Å². The predicted molar refractivity (Wildman–Crippen MR) is 95.5 cm³/mol. The molecule has 1 fully saturated rings. The molecule has 0 bridgehead atoms. The maximum atomic E-state index is 11.9. The lowest BCUT2D eigenvalue weighted by Gasteiger charge is -2.19. The van der Waals surface area contributed by atoms with Gasteiger partial charge in [0.2, 0.25) is 5.91 Å². The van der Waals surface area contributed by atoms with E-state index in [1.54, 1.807) is 0 Å². The number of halogens is 2. The lowest BCUT2D eigenvalue weighted by Crippen LogP contribution is -2.41. The molecule has 1 aromatic rings. The molecule has 2 aliphatic heterocycles. The van der Waals surface area contributed by atoms with E-state index in [1.165, 1.54) is 11.3 Å². The van der Waals surface area contributed by atoms with Crippen LogP contribution in [0.1, 0.15) is 24.8 Å². The molecule has 6 heteroatoms. The van der Waals surface area contributed by atoms with E-state index in [-0.39, 0.29) is 36.8 Å². The van der Waals surface area contributed by atoms with Crippen LogP contribution in [0, 0.1) is 0 Å². The predicted octanol–water partition coefficient (Wildman–Crippen LogP) is 2.15. The third-order valence-corrected chi connectivity index (χ3v) is 4.26. The molecule has 1 atom stereocenters. The molecule has 22 heavy (non-hydrogen) atoms. The Balaban J connectivity index is 0.00000121. The zero-order chi connectivity index (χ0) is 13.8. The number of nitrogens with zero attached hydrogens (tertiary/aromatic N) is 1. The molecule has 0 aromatic heterocycles. The van der Waals surface area contributed by atoms with Gasteiger partial charge in [0.15, 0.2) is 0 Å². The largest absolute Gasteiger partial charge is 0.371 e. The van der Waals surface area contributed by atoms with Crippen LogP contribution in [0.5, 0.6) is 0 Å². The molecule has 4 nitrogen and oxygen atoms in total. The molecule has 0 radical (unpaired) electrons. The second kappa shape index (κ2) is 9.23. The minimum atomic E-state index is 0. The first kappa shape index (κ1) is 19.1. The van der Waals surface area contributed by atoms with Gasteiger partial charge in [0.05, 0.1) is 6.04 Å². The van der Waals surface area contributed by atoms with Crippen molar-refractivity contribution in [2.24, 2.45) is 0 Å². The third-order valence-electron chi connectivity index (χ3n) is 4.26. The summed E-state index contributed by atoms with van der Waals surface area (Å²) in [6.45, 7) is 3.88. The molecule has 3 rings (SSSR count). The Kier molecular flexibility index (Phi) is 8.01. The van der Waals surface area contributed by atoms with Crippen LogP contribution < -0.4 is 15.5 Å². The van der Waals surface area contributed by atoms with E-state index in [0.717, 1.165) is 51.9 Å². The minimum Gasteiger partial charge on any atom is -0.371 e. The standard InChI is InChI=1S/C16H23N3O.2ClH/c20-16(14-6-3-9-17-14)18-10-4-11-19-12-8-13-5-1-2-7-15(13)19;;/h1-2,5,7,14,17H,3-4,6,8-12H2,(H,18,20);2*1H. The number of rotatable bonds is 5.